The van der Waals surface area contributed by atoms with Gasteiger partial charge in [0.2, 0.25) is 11.5 Å². The average Bonchev–Trinajstić information content (AvgIpc) is 3.03. The number of nitrogens with one attached hydrogen (secondary N) is 1. The predicted octanol–water partition coefficient (Wildman–Crippen LogP) is 3.05. The van der Waals surface area contributed by atoms with Crippen molar-refractivity contribution in [3.8, 4) is 0 Å². The number of amides is 1. The molecule has 0 saturated heterocycles. The smallest absolute Gasteiger partial charge is 0.374 e. The molecule has 2 aromatic rings. The minimum Gasteiger partial charge on any atom is -0.374 e. The maximum Gasteiger partial charge on any atom is 0.425 e. The second-order valence-corrected chi connectivity index (χ2v) is 6.16. The molecule has 2 N–H and O–H groups in total. The van der Waals surface area contributed by atoms with Gasteiger partial charge >= 0.3 is 6.18 Å². The number of nitrogens with zero attached hydrogens (tertiary/aromatic N) is 3. The fourth-order valence-corrected chi connectivity index (χ4v) is 2.85. The first kappa shape index (κ1) is 20.8. The van der Waals surface area contributed by atoms with Crippen LogP contribution < -0.4 is 10.2 Å². The van der Waals surface area contributed by atoms with Crippen LogP contribution in [0, 0.1) is 0 Å². The quantitative estimate of drug-likeness (QED) is 0.770. The first-order chi connectivity index (χ1) is 12.6. The molecule has 0 fully saturated rings. The van der Waals surface area contributed by atoms with E-state index in [-0.39, 0.29) is 0 Å². The topological polar surface area (TPSA) is 70.4 Å². The van der Waals surface area contributed by atoms with Crippen molar-refractivity contribution in [3.63, 3.8) is 0 Å². The first-order valence-corrected chi connectivity index (χ1v) is 8.54. The molecule has 2 rings (SSSR count). The Balaban J connectivity index is 2.16. The number of carbonyl (C=O) groups excluding carboxylic acids is 1. The van der Waals surface area contributed by atoms with Gasteiger partial charge in [0, 0.05) is 43.9 Å². The second-order valence-electron chi connectivity index (χ2n) is 6.16. The van der Waals surface area contributed by atoms with Crippen LogP contribution in [-0.4, -0.2) is 39.8 Å². The highest BCUT2D eigenvalue weighted by Crippen LogP contribution is 2.40. The number of alkyl halides is 3. The Morgan fingerprint density at radius 3 is 2.26 bits per heavy atom. The van der Waals surface area contributed by atoms with Gasteiger partial charge in [0.25, 0.3) is 0 Å². The Kier molecular flexibility index (Phi) is 6.15. The Bertz CT molecular complexity index is 770. The van der Waals surface area contributed by atoms with Crippen molar-refractivity contribution in [1.29, 1.82) is 0 Å². The lowest BCUT2D eigenvalue weighted by atomic mass is 9.97. The predicted molar refractivity (Wildman–Crippen MR) is 96.4 cm³/mol. The third-order valence-corrected chi connectivity index (χ3v) is 4.36. The molecule has 1 atom stereocenters. The van der Waals surface area contributed by atoms with E-state index in [2.05, 4.69) is 15.2 Å². The minimum absolute atomic E-state index is 0.347. The van der Waals surface area contributed by atoms with E-state index in [1.54, 1.807) is 24.3 Å². The largest absolute Gasteiger partial charge is 0.425 e. The molecule has 148 valence electrons. The van der Waals surface area contributed by atoms with E-state index in [1.165, 1.54) is 13.2 Å². The van der Waals surface area contributed by atoms with E-state index in [0.717, 1.165) is 29.5 Å². The van der Waals surface area contributed by atoms with Crippen LogP contribution >= 0.6 is 0 Å². The van der Waals surface area contributed by atoms with Crippen LogP contribution in [0.15, 0.2) is 36.7 Å². The third kappa shape index (κ3) is 4.41. The number of aromatic nitrogens is 2. The fraction of sp³-hybridized carbons (Fsp3) is 0.444. The SMILES string of the molecule is CCN(CC)c1ccc(NC(=O)CC(O)(c2nccn2C)C(F)(F)F)cc1. The summed E-state index contributed by atoms with van der Waals surface area (Å²) in [6, 6.07) is 6.77. The van der Waals surface area contributed by atoms with E-state index in [0.29, 0.717) is 5.69 Å². The van der Waals surface area contributed by atoms with Crippen LogP contribution in [0.2, 0.25) is 0 Å². The summed E-state index contributed by atoms with van der Waals surface area (Å²) in [5.74, 6) is -1.60. The zero-order valence-corrected chi connectivity index (χ0v) is 15.4. The molecule has 0 aliphatic carbocycles. The highest BCUT2D eigenvalue weighted by atomic mass is 19.4. The van der Waals surface area contributed by atoms with Gasteiger partial charge in [-0.05, 0) is 38.1 Å². The minimum atomic E-state index is -5.06. The summed E-state index contributed by atoms with van der Waals surface area (Å²) < 4.78 is 41.5. The Morgan fingerprint density at radius 2 is 1.81 bits per heavy atom. The third-order valence-electron chi connectivity index (χ3n) is 4.36. The molecule has 9 heteroatoms. The summed E-state index contributed by atoms with van der Waals surface area (Å²) in [5, 5.41) is 12.6. The molecule has 0 spiro atoms. The number of aliphatic hydroxyl groups is 1. The molecule has 1 aromatic carbocycles. The zero-order chi connectivity index (χ0) is 20.2. The van der Waals surface area contributed by atoms with Crippen molar-refractivity contribution in [2.24, 2.45) is 7.05 Å². The molecule has 27 heavy (non-hydrogen) atoms. The normalized spacial score (nSPS) is 13.9. The highest BCUT2D eigenvalue weighted by molar-refractivity contribution is 5.91. The number of imidazole rings is 1. The molecular formula is C18H23F3N4O2. The molecule has 1 aromatic heterocycles. The molecule has 0 bridgehead atoms. The molecule has 0 aliphatic heterocycles. The van der Waals surface area contributed by atoms with E-state index < -0.39 is 29.9 Å². The summed E-state index contributed by atoms with van der Waals surface area (Å²) in [6.45, 7) is 5.64. The summed E-state index contributed by atoms with van der Waals surface area (Å²) in [6.07, 6.45) is -3.85. The summed E-state index contributed by atoms with van der Waals surface area (Å²) in [5.41, 5.74) is -2.09. The van der Waals surface area contributed by atoms with Gasteiger partial charge in [0.1, 0.15) is 0 Å². The molecule has 0 radical (unpaired) electrons. The molecule has 1 amide bonds. The van der Waals surface area contributed by atoms with E-state index in [4.69, 9.17) is 0 Å². The summed E-state index contributed by atoms with van der Waals surface area (Å²) >= 11 is 0. The van der Waals surface area contributed by atoms with Crippen LogP contribution in [0.3, 0.4) is 0 Å². The number of aryl methyl sites for hydroxylation is 1. The van der Waals surface area contributed by atoms with Crippen molar-refractivity contribution >= 4 is 17.3 Å². The molecule has 6 nitrogen and oxygen atoms in total. The summed E-state index contributed by atoms with van der Waals surface area (Å²) in [7, 11) is 1.32. The average molecular weight is 384 g/mol. The lowest BCUT2D eigenvalue weighted by molar-refractivity contribution is -0.270. The number of hydrogen-bond donors (Lipinski definition) is 2. The Hall–Kier alpha value is -2.55. The summed E-state index contributed by atoms with van der Waals surface area (Å²) in [4.78, 5) is 17.9. The van der Waals surface area contributed by atoms with Gasteiger partial charge in [-0.1, -0.05) is 0 Å². The molecule has 1 unspecified atom stereocenters. The van der Waals surface area contributed by atoms with Crippen LogP contribution in [0.4, 0.5) is 24.5 Å². The number of benzene rings is 1. The number of hydrogen-bond acceptors (Lipinski definition) is 4. The van der Waals surface area contributed by atoms with E-state index in [9.17, 15) is 23.1 Å². The van der Waals surface area contributed by atoms with Gasteiger partial charge < -0.3 is 19.9 Å². The van der Waals surface area contributed by atoms with Gasteiger partial charge in [-0.15, -0.1) is 0 Å². The number of rotatable bonds is 7. The lowest BCUT2D eigenvalue weighted by Gasteiger charge is -2.29. The van der Waals surface area contributed by atoms with E-state index >= 15 is 0 Å². The maximum absolute atomic E-state index is 13.5. The van der Waals surface area contributed by atoms with Crippen LogP contribution in [-0.2, 0) is 17.4 Å². The van der Waals surface area contributed by atoms with Crippen molar-refractivity contribution in [2.75, 3.05) is 23.3 Å². The van der Waals surface area contributed by atoms with Gasteiger partial charge in [-0.2, -0.15) is 13.2 Å². The van der Waals surface area contributed by atoms with Crippen LogP contribution in [0.1, 0.15) is 26.1 Å². The fourth-order valence-electron chi connectivity index (χ4n) is 2.85. The molecule has 1 heterocycles. The van der Waals surface area contributed by atoms with Crippen molar-refractivity contribution < 1.29 is 23.1 Å². The maximum atomic E-state index is 13.5. The number of carbonyl (C=O) groups is 1. The lowest BCUT2D eigenvalue weighted by Crippen LogP contribution is -2.46. The van der Waals surface area contributed by atoms with Gasteiger partial charge in [0.05, 0.1) is 6.42 Å². The monoisotopic (exact) mass is 384 g/mol. The van der Waals surface area contributed by atoms with Crippen molar-refractivity contribution in [2.45, 2.75) is 32.0 Å². The zero-order valence-electron chi connectivity index (χ0n) is 15.4. The molecule has 0 aliphatic rings. The Labute approximate surface area is 155 Å². The molecule has 0 saturated carbocycles. The van der Waals surface area contributed by atoms with Crippen LogP contribution in [0.25, 0.3) is 0 Å². The van der Waals surface area contributed by atoms with E-state index in [1.807, 2.05) is 13.8 Å². The second kappa shape index (κ2) is 7.99. The first-order valence-electron chi connectivity index (χ1n) is 8.54. The highest BCUT2D eigenvalue weighted by Gasteiger charge is 2.58. The molecular weight excluding hydrogens is 361 g/mol. The number of anilines is 2. The van der Waals surface area contributed by atoms with Gasteiger partial charge in [-0.25, -0.2) is 4.98 Å². The standard InChI is InChI=1S/C18H23F3N4O2/c1-4-25(5-2)14-8-6-13(7-9-14)23-15(26)12-17(27,18(19,20)21)16-22-10-11-24(16)3/h6-11,27H,4-5,12H2,1-3H3,(H,23,26). The van der Waals surface area contributed by atoms with Gasteiger partial charge in [-0.3, -0.25) is 4.79 Å². The number of halogens is 3. The van der Waals surface area contributed by atoms with Crippen molar-refractivity contribution in [1.82, 2.24) is 9.55 Å². The van der Waals surface area contributed by atoms with Crippen molar-refractivity contribution in [3.05, 3.63) is 42.5 Å². The Morgan fingerprint density at radius 1 is 1.22 bits per heavy atom. The van der Waals surface area contributed by atoms with Crippen LogP contribution in [0.5, 0.6) is 0 Å². The van der Waals surface area contributed by atoms with Gasteiger partial charge in [0.15, 0.2) is 5.82 Å².